The molecule has 2 heterocycles. The highest BCUT2D eigenvalue weighted by Gasteiger charge is 2.40. The predicted molar refractivity (Wildman–Crippen MR) is 49.2 cm³/mol. The summed E-state index contributed by atoms with van der Waals surface area (Å²) in [5, 5.41) is 3.63. The first-order valence-corrected chi connectivity index (χ1v) is 5.21. The SMILES string of the molecule is CCC(C)N[C@@H]1C[C@H]2CC[C@@H]1O2. The first-order chi connectivity index (χ1) is 5.79. The topological polar surface area (TPSA) is 21.3 Å². The average molecular weight is 169 g/mol. The number of hydrogen-bond acceptors (Lipinski definition) is 2. The second kappa shape index (κ2) is 3.35. The zero-order chi connectivity index (χ0) is 8.55. The molecule has 2 aliphatic rings. The number of rotatable bonds is 3. The van der Waals surface area contributed by atoms with Gasteiger partial charge in [0.05, 0.1) is 12.2 Å². The van der Waals surface area contributed by atoms with Gasteiger partial charge in [-0.1, -0.05) is 6.92 Å². The number of fused-ring (bicyclic) bond motifs is 2. The summed E-state index contributed by atoms with van der Waals surface area (Å²) in [5.41, 5.74) is 0. The Balaban J connectivity index is 1.82. The molecule has 0 aromatic carbocycles. The van der Waals surface area contributed by atoms with Gasteiger partial charge in [0.25, 0.3) is 0 Å². The second-order valence-electron chi connectivity index (χ2n) is 4.19. The van der Waals surface area contributed by atoms with Crippen LogP contribution in [0.25, 0.3) is 0 Å². The summed E-state index contributed by atoms with van der Waals surface area (Å²) in [6, 6.07) is 1.30. The zero-order valence-corrected chi connectivity index (χ0v) is 8.05. The molecule has 2 fully saturated rings. The van der Waals surface area contributed by atoms with Crippen LogP contribution in [0.3, 0.4) is 0 Å². The molecule has 0 aromatic heterocycles. The first-order valence-electron chi connectivity index (χ1n) is 5.21. The lowest BCUT2D eigenvalue weighted by Gasteiger charge is -2.23. The molecule has 1 N–H and O–H groups in total. The van der Waals surface area contributed by atoms with Gasteiger partial charge in [-0.2, -0.15) is 0 Å². The van der Waals surface area contributed by atoms with Gasteiger partial charge in [0, 0.05) is 12.1 Å². The van der Waals surface area contributed by atoms with Crippen molar-refractivity contribution < 1.29 is 4.74 Å². The standard InChI is InChI=1S/C10H19NO/c1-3-7(2)11-9-6-8-4-5-10(9)12-8/h7-11H,3-6H2,1-2H3/t7?,8-,9-,10+/m1/s1. The summed E-state index contributed by atoms with van der Waals surface area (Å²) in [4.78, 5) is 0. The lowest BCUT2D eigenvalue weighted by molar-refractivity contribution is 0.0962. The van der Waals surface area contributed by atoms with Crippen LogP contribution in [0.15, 0.2) is 0 Å². The number of ether oxygens (including phenoxy) is 1. The third kappa shape index (κ3) is 1.50. The fraction of sp³-hybridized carbons (Fsp3) is 1.00. The van der Waals surface area contributed by atoms with Crippen molar-refractivity contribution in [3.63, 3.8) is 0 Å². The van der Waals surface area contributed by atoms with E-state index in [4.69, 9.17) is 4.74 Å². The van der Waals surface area contributed by atoms with Crippen molar-refractivity contribution in [2.75, 3.05) is 0 Å². The van der Waals surface area contributed by atoms with Crippen molar-refractivity contribution >= 4 is 0 Å². The summed E-state index contributed by atoms with van der Waals surface area (Å²) in [5.74, 6) is 0. The van der Waals surface area contributed by atoms with E-state index in [9.17, 15) is 0 Å². The Morgan fingerprint density at radius 3 is 2.83 bits per heavy atom. The molecule has 2 saturated heterocycles. The number of hydrogen-bond donors (Lipinski definition) is 1. The van der Waals surface area contributed by atoms with E-state index in [0.717, 1.165) is 0 Å². The first kappa shape index (κ1) is 8.52. The molecule has 70 valence electrons. The maximum atomic E-state index is 5.77. The average Bonchev–Trinajstić information content (AvgIpc) is 2.64. The van der Waals surface area contributed by atoms with E-state index in [-0.39, 0.29) is 0 Å². The Kier molecular flexibility index (Phi) is 2.37. The van der Waals surface area contributed by atoms with Gasteiger partial charge in [0.2, 0.25) is 0 Å². The monoisotopic (exact) mass is 169 g/mol. The van der Waals surface area contributed by atoms with Gasteiger partial charge in [-0.05, 0) is 32.6 Å². The van der Waals surface area contributed by atoms with Crippen LogP contribution in [-0.4, -0.2) is 24.3 Å². The molecule has 0 saturated carbocycles. The van der Waals surface area contributed by atoms with Gasteiger partial charge >= 0.3 is 0 Å². The molecule has 0 spiro atoms. The van der Waals surface area contributed by atoms with Crippen LogP contribution in [0.4, 0.5) is 0 Å². The van der Waals surface area contributed by atoms with Gasteiger partial charge in [-0.15, -0.1) is 0 Å². The van der Waals surface area contributed by atoms with Crippen LogP contribution >= 0.6 is 0 Å². The Morgan fingerprint density at radius 2 is 2.33 bits per heavy atom. The van der Waals surface area contributed by atoms with Gasteiger partial charge in [0.15, 0.2) is 0 Å². The molecule has 2 aliphatic heterocycles. The lowest BCUT2D eigenvalue weighted by Crippen LogP contribution is -2.42. The molecule has 2 bridgehead atoms. The summed E-state index contributed by atoms with van der Waals surface area (Å²) in [6.45, 7) is 4.48. The number of nitrogens with one attached hydrogen (secondary N) is 1. The summed E-state index contributed by atoms with van der Waals surface area (Å²) in [7, 11) is 0. The molecule has 0 radical (unpaired) electrons. The van der Waals surface area contributed by atoms with Crippen molar-refractivity contribution in [2.45, 2.75) is 63.8 Å². The van der Waals surface area contributed by atoms with E-state index in [0.29, 0.717) is 24.3 Å². The van der Waals surface area contributed by atoms with E-state index < -0.39 is 0 Å². The molecule has 0 amide bonds. The summed E-state index contributed by atoms with van der Waals surface area (Å²) in [6.07, 6.45) is 6.14. The lowest BCUT2D eigenvalue weighted by atomic mass is 9.95. The normalized spacial score (nSPS) is 42.0. The minimum atomic E-state index is 0.531. The second-order valence-corrected chi connectivity index (χ2v) is 4.19. The van der Waals surface area contributed by atoms with Crippen molar-refractivity contribution in [1.82, 2.24) is 5.32 Å². The Bertz CT molecular complexity index is 160. The Hall–Kier alpha value is -0.0800. The van der Waals surface area contributed by atoms with Crippen molar-refractivity contribution in [3.8, 4) is 0 Å². The van der Waals surface area contributed by atoms with Crippen LogP contribution < -0.4 is 5.32 Å². The molecular weight excluding hydrogens is 150 g/mol. The van der Waals surface area contributed by atoms with Crippen LogP contribution in [0.2, 0.25) is 0 Å². The molecular formula is C10H19NO. The van der Waals surface area contributed by atoms with Gasteiger partial charge in [-0.25, -0.2) is 0 Å². The zero-order valence-electron chi connectivity index (χ0n) is 8.05. The molecule has 0 aliphatic carbocycles. The minimum Gasteiger partial charge on any atom is -0.373 e. The van der Waals surface area contributed by atoms with Crippen molar-refractivity contribution in [1.29, 1.82) is 0 Å². The molecule has 2 rings (SSSR count). The largest absolute Gasteiger partial charge is 0.373 e. The maximum Gasteiger partial charge on any atom is 0.0733 e. The van der Waals surface area contributed by atoms with E-state index in [1.54, 1.807) is 0 Å². The third-order valence-corrected chi connectivity index (χ3v) is 3.22. The fourth-order valence-electron chi connectivity index (χ4n) is 2.30. The highest BCUT2D eigenvalue weighted by molar-refractivity contribution is 4.94. The summed E-state index contributed by atoms with van der Waals surface area (Å²) < 4.78 is 5.77. The molecule has 1 unspecified atom stereocenters. The predicted octanol–water partition coefficient (Wildman–Crippen LogP) is 1.69. The highest BCUT2D eigenvalue weighted by Crippen LogP contribution is 2.34. The van der Waals surface area contributed by atoms with Crippen LogP contribution in [0.5, 0.6) is 0 Å². The highest BCUT2D eigenvalue weighted by atomic mass is 16.5. The Morgan fingerprint density at radius 1 is 1.50 bits per heavy atom. The van der Waals surface area contributed by atoms with E-state index >= 15 is 0 Å². The van der Waals surface area contributed by atoms with Crippen LogP contribution in [0, 0.1) is 0 Å². The smallest absolute Gasteiger partial charge is 0.0733 e. The van der Waals surface area contributed by atoms with Crippen molar-refractivity contribution in [2.24, 2.45) is 0 Å². The fourth-order valence-corrected chi connectivity index (χ4v) is 2.30. The van der Waals surface area contributed by atoms with Gasteiger partial charge in [-0.3, -0.25) is 0 Å². The van der Waals surface area contributed by atoms with Crippen LogP contribution in [-0.2, 0) is 4.74 Å². The van der Waals surface area contributed by atoms with E-state index in [1.807, 2.05) is 0 Å². The Labute approximate surface area is 74.7 Å². The molecule has 2 nitrogen and oxygen atoms in total. The third-order valence-electron chi connectivity index (χ3n) is 3.22. The van der Waals surface area contributed by atoms with Gasteiger partial charge < -0.3 is 10.1 Å². The summed E-state index contributed by atoms with van der Waals surface area (Å²) >= 11 is 0. The minimum absolute atomic E-state index is 0.531. The van der Waals surface area contributed by atoms with Gasteiger partial charge in [0.1, 0.15) is 0 Å². The molecule has 0 aromatic rings. The molecule has 2 heteroatoms. The quantitative estimate of drug-likeness (QED) is 0.694. The van der Waals surface area contributed by atoms with E-state index in [2.05, 4.69) is 19.2 Å². The molecule has 12 heavy (non-hydrogen) atoms. The van der Waals surface area contributed by atoms with Crippen LogP contribution in [0.1, 0.15) is 39.5 Å². The molecule has 4 atom stereocenters. The maximum absolute atomic E-state index is 5.77. The van der Waals surface area contributed by atoms with Crippen molar-refractivity contribution in [3.05, 3.63) is 0 Å². The van der Waals surface area contributed by atoms with E-state index in [1.165, 1.54) is 25.7 Å².